The van der Waals surface area contributed by atoms with Gasteiger partial charge in [0.15, 0.2) is 5.60 Å². The van der Waals surface area contributed by atoms with E-state index in [0.29, 0.717) is 18.5 Å². The second-order valence-corrected chi connectivity index (χ2v) is 5.62. The van der Waals surface area contributed by atoms with E-state index >= 15 is 0 Å². The standard InChI is InChI=1S/C18H17NO3/c1-18(17(21)19-12-13-7-3-2-4-8-13)11-14-9-5-6-10-15(14)16(20)22-18/h2-10H,11-12H2,1H3,(H,19,21)/t18-/m1/s1. The van der Waals surface area contributed by atoms with Crippen molar-refractivity contribution < 1.29 is 14.3 Å². The van der Waals surface area contributed by atoms with E-state index < -0.39 is 11.6 Å². The normalized spacial score (nSPS) is 20.0. The Morgan fingerprint density at radius 3 is 2.59 bits per heavy atom. The van der Waals surface area contributed by atoms with Gasteiger partial charge in [0.25, 0.3) is 5.91 Å². The van der Waals surface area contributed by atoms with Gasteiger partial charge in [-0.15, -0.1) is 0 Å². The van der Waals surface area contributed by atoms with Gasteiger partial charge >= 0.3 is 5.97 Å². The Bertz CT molecular complexity index is 711. The van der Waals surface area contributed by atoms with E-state index in [4.69, 9.17) is 4.74 Å². The maximum absolute atomic E-state index is 12.5. The second-order valence-electron chi connectivity index (χ2n) is 5.62. The molecule has 0 fully saturated rings. The SMILES string of the molecule is C[C@]1(C(=O)NCc2ccccc2)Cc2ccccc2C(=O)O1. The van der Waals surface area contributed by atoms with E-state index in [0.717, 1.165) is 11.1 Å². The van der Waals surface area contributed by atoms with Crippen LogP contribution < -0.4 is 5.32 Å². The lowest BCUT2D eigenvalue weighted by atomic mass is 9.89. The fraction of sp³-hybridized carbons (Fsp3) is 0.222. The summed E-state index contributed by atoms with van der Waals surface area (Å²) in [5.74, 6) is -0.724. The van der Waals surface area contributed by atoms with Crippen LogP contribution in [-0.2, 0) is 22.5 Å². The molecule has 0 radical (unpaired) electrons. The molecule has 22 heavy (non-hydrogen) atoms. The summed E-state index contributed by atoms with van der Waals surface area (Å²) < 4.78 is 5.40. The van der Waals surface area contributed by atoms with Gasteiger partial charge < -0.3 is 10.1 Å². The van der Waals surface area contributed by atoms with E-state index in [-0.39, 0.29) is 5.91 Å². The van der Waals surface area contributed by atoms with Gasteiger partial charge in [-0.2, -0.15) is 0 Å². The van der Waals surface area contributed by atoms with E-state index in [2.05, 4.69) is 5.32 Å². The molecule has 1 N–H and O–H groups in total. The van der Waals surface area contributed by atoms with Gasteiger partial charge in [0, 0.05) is 13.0 Å². The van der Waals surface area contributed by atoms with Gasteiger partial charge in [-0.05, 0) is 24.1 Å². The molecular formula is C18H17NO3. The lowest BCUT2D eigenvalue weighted by molar-refractivity contribution is -0.139. The predicted molar refractivity (Wildman–Crippen MR) is 82.3 cm³/mol. The van der Waals surface area contributed by atoms with Crippen molar-refractivity contribution >= 4 is 11.9 Å². The van der Waals surface area contributed by atoms with Gasteiger partial charge in [-0.25, -0.2) is 4.79 Å². The van der Waals surface area contributed by atoms with Crippen LogP contribution in [0.4, 0.5) is 0 Å². The third-order valence-corrected chi connectivity index (χ3v) is 3.86. The number of hydrogen-bond donors (Lipinski definition) is 1. The molecule has 3 rings (SSSR count). The fourth-order valence-electron chi connectivity index (χ4n) is 2.62. The summed E-state index contributed by atoms with van der Waals surface area (Å²) in [6, 6.07) is 16.9. The molecule has 4 nitrogen and oxygen atoms in total. The van der Waals surface area contributed by atoms with Gasteiger partial charge in [-0.3, -0.25) is 4.79 Å². The molecule has 1 atom stereocenters. The first-order valence-corrected chi connectivity index (χ1v) is 7.22. The molecule has 1 amide bonds. The number of rotatable bonds is 3. The summed E-state index contributed by atoms with van der Waals surface area (Å²) in [6.45, 7) is 2.07. The van der Waals surface area contributed by atoms with Crippen LogP contribution in [0.3, 0.4) is 0 Å². The largest absolute Gasteiger partial charge is 0.445 e. The molecule has 0 bridgehead atoms. The summed E-state index contributed by atoms with van der Waals surface area (Å²) in [6.07, 6.45) is 0.384. The molecule has 0 aliphatic carbocycles. The molecule has 0 unspecified atom stereocenters. The van der Waals surface area contributed by atoms with Crippen molar-refractivity contribution in [3.63, 3.8) is 0 Å². The number of benzene rings is 2. The molecule has 1 heterocycles. The number of nitrogens with one attached hydrogen (secondary N) is 1. The first-order valence-electron chi connectivity index (χ1n) is 7.22. The first-order chi connectivity index (χ1) is 10.6. The van der Waals surface area contributed by atoms with Crippen molar-refractivity contribution in [3.05, 3.63) is 71.3 Å². The molecule has 1 aliphatic rings. The highest BCUT2D eigenvalue weighted by Gasteiger charge is 2.42. The summed E-state index contributed by atoms with van der Waals surface area (Å²) in [5.41, 5.74) is 1.22. The highest BCUT2D eigenvalue weighted by molar-refractivity contribution is 5.97. The zero-order chi connectivity index (χ0) is 15.6. The highest BCUT2D eigenvalue weighted by Crippen LogP contribution is 2.28. The van der Waals surface area contributed by atoms with Crippen molar-refractivity contribution in [2.24, 2.45) is 0 Å². The second kappa shape index (κ2) is 5.64. The first kappa shape index (κ1) is 14.3. The minimum atomic E-state index is -1.17. The Kier molecular flexibility index (Phi) is 3.67. The van der Waals surface area contributed by atoms with Crippen LogP contribution in [0.2, 0.25) is 0 Å². The van der Waals surface area contributed by atoms with Gasteiger partial charge in [0.2, 0.25) is 0 Å². The molecule has 1 aliphatic heterocycles. The van der Waals surface area contributed by atoms with Crippen molar-refractivity contribution in [2.75, 3.05) is 0 Å². The zero-order valence-corrected chi connectivity index (χ0v) is 12.3. The van der Waals surface area contributed by atoms with Crippen LogP contribution in [-0.4, -0.2) is 17.5 Å². The van der Waals surface area contributed by atoms with Crippen LogP contribution in [0, 0.1) is 0 Å². The Balaban J connectivity index is 1.74. The zero-order valence-electron chi connectivity index (χ0n) is 12.3. The van der Waals surface area contributed by atoms with Crippen LogP contribution in [0.1, 0.15) is 28.4 Å². The molecule has 2 aromatic carbocycles. The summed E-state index contributed by atoms with van der Waals surface area (Å²) in [4.78, 5) is 24.5. The molecule has 0 aromatic heterocycles. The predicted octanol–water partition coefficient (Wildman–Crippen LogP) is 2.47. The van der Waals surface area contributed by atoms with E-state index in [1.54, 1.807) is 19.1 Å². The van der Waals surface area contributed by atoms with Crippen molar-refractivity contribution in [3.8, 4) is 0 Å². The van der Waals surface area contributed by atoms with Crippen molar-refractivity contribution in [1.29, 1.82) is 0 Å². The fourth-order valence-corrected chi connectivity index (χ4v) is 2.62. The molecule has 0 saturated carbocycles. The number of carbonyl (C=O) groups excluding carboxylic acids is 2. The Morgan fingerprint density at radius 1 is 1.14 bits per heavy atom. The molecule has 2 aromatic rings. The average Bonchev–Trinajstić information content (AvgIpc) is 2.53. The monoisotopic (exact) mass is 295 g/mol. The van der Waals surface area contributed by atoms with Crippen LogP contribution in [0.5, 0.6) is 0 Å². The van der Waals surface area contributed by atoms with Crippen LogP contribution in [0.15, 0.2) is 54.6 Å². The van der Waals surface area contributed by atoms with Crippen molar-refractivity contribution in [1.82, 2.24) is 5.32 Å². The number of amides is 1. The third kappa shape index (κ3) is 2.72. The number of hydrogen-bond acceptors (Lipinski definition) is 3. The number of cyclic esters (lactones) is 1. The van der Waals surface area contributed by atoms with E-state index in [1.165, 1.54) is 0 Å². The molecule has 0 saturated heterocycles. The quantitative estimate of drug-likeness (QED) is 0.885. The maximum Gasteiger partial charge on any atom is 0.339 e. The lowest BCUT2D eigenvalue weighted by Crippen LogP contribution is -2.51. The average molecular weight is 295 g/mol. The Morgan fingerprint density at radius 2 is 1.82 bits per heavy atom. The number of carbonyl (C=O) groups is 2. The van der Waals surface area contributed by atoms with Crippen LogP contribution in [0.25, 0.3) is 0 Å². The Hall–Kier alpha value is -2.62. The molecular weight excluding hydrogens is 278 g/mol. The summed E-state index contributed by atoms with van der Waals surface area (Å²) >= 11 is 0. The topological polar surface area (TPSA) is 55.4 Å². The van der Waals surface area contributed by atoms with E-state index in [1.807, 2.05) is 42.5 Å². The number of fused-ring (bicyclic) bond motifs is 1. The lowest BCUT2D eigenvalue weighted by Gasteiger charge is -2.33. The van der Waals surface area contributed by atoms with Gasteiger partial charge in [-0.1, -0.05) is 48.5 Å². The number of esters is 1. The maximum atomic E-state index is 12.5. The van der Waals surface area contributed by atoms with E-state index in [9.17, 15) is 9.59 Å². The molecule has 112 valence electrons. The Labute approximate surface area is 129 Å². The highest BCUT2D eigenvalue weighted by atomic mass is 16.6. The minimum absolute atomic E-state index is 0.279. The summed E-state index contributed by atoms with van der Waals surface area (Å²) in [5, 5.41) is 2.84. The van der Waals surface area contributed by atoms with Gasteiger partial charge in [0.1, 0.15) is 0 Å². The smallest absolute Gasteiger partial charge is 0.339 e. The van der Waals surface area contributed by atoms with Gasteiger partial charge in [0.05, 0.1) is 5.56 Å². The van der Waals surface area contributed by atoms with Crippen LogP contribution >= 0.6 is 0 Å². The minimum Gasteiger partial charge on any atom is -0.445 e. The third-order valence-electron chi connectivity index (χ3n) is 3.86. The molecule has 4 heteroatoms. The van der Waals surface area contributed by atoms with Crippen molar-refractivity contribution in [2.45, 2.75) is 25.5 Å². The summed E-state index contributed by atoms with van der Waals surface area (Å²) in [7, 11) is 0. The number of ether oxygens (including phenoxy) is 1. The molecule has 0 spiro atoms.